The highest BCUT2D eigenvalue weighted by Crippen LogP contribution is 2.25. The van der Waals surface area contributed by atoms with Crippen LogP contribution in [0.15, 0.2) is 45.9 Å². The van der Waals surface area contributed by atoms with Gasteiger partial charge >= 0.3 is 0 Å². The molecule has 0 aliphatic heterocycles. The summed E-state index contributed by atoms with van der Waals surface area (Å²) in [6.07, 6.45) is 2.67. The van der Waals surface area contributed by atoms with Crippen LogP contribution in [-0.4, -0.2) is 39.1 Å². The molecule has 0 bridgehead atoms. The van der Waals surface area contributed by atoms with E-state index in [0.717, 1.165) is 12.0 Å². The Morgan fingerprint density at radius 3 is 2.70 bits per heavy atom. The topological polar surface area (TPSA) is 79.6 Å². The molecule has 6 nitrogen and oxygen atoms in total. The van der Waals surface area contributed by atoms with Crippen molar-refractivity contribution in [2.24, 2.45) is 0 Å². The summed E-state index contributed by atoms with van der Waals surface area (Å²) in [7, 11) is -1.59. The Labute approximate surface area is 140 Å². The van der Waals surface area contributed by atoms with Crippen molar-refractivity contribution in [3.05, 3.63) is 47.4 Å². The summed E-state index contributed by atoms with van der Waals surface area (Å²) in [6, 6.07) is 7.79. The van der Waals surface area contributed by atoms with Gasteiger partial charge in [-0.15, -0.1) is 0 Å². The highest BCUT2D eigenvalue weighted by atomic mass is 35.5. The van der Waals surface area contributed by atoms with E-state index < -0.39 is 9.84 Å². The Bertz CT molecular complexity index is 788. The lowest BCUT2D eigenvalue weighted by atomic mass is 10.3. The Hall–Kier alpha value is -1.83. The first-order valence-corrected chi connectivity index (χ1v) is 9.03. The van der Waals surface area contributed by atoms with E-state index in [0.29, 0.717) is 6.54 Å². The first-order valence-electron chi connectivity index (χ1n) is 6.76. The van der Waals surface area contributed by atoms with Crippen LogP contribution in [0.25, 0.3) is 0 Å². The highest BCUT2D eigenvalue weighted by molar-refractivity contribution is 7.90. The maximum Gasteiger partial charge on any atom is 0.238 e. The summed E-state index contributed by atoms with van der Waals surface area (Å²) in [5, 5.41) is 2.90. The summed E-state index contributed by atoms with van der Waals surface area (Å²) in [6.45, 7) is 0.595. The van der Waals surface area contributed by atoms with Gasteiger partial charge in [0.2, 0.25) is 5.91 Å². The molecule has 124 valence electrons. The number of nitrogens with zero attached hydrogens (tertiary/aromatic N) is 1. The van der Waals surface area contributed by atoms with Crippen molar-refractivity contribution in [3.63, 3.8) is 0 Å². The standard InChI is InChI=1S/C15H17ClN2O4S/c1-18(9-11-4-3-7-22-11)10-15(19)17-14-8-12(23(2,20)21)5-6-13(14)16/h3-8H,9-10H2,1-2H3,(H,17,19). The van der Waals surface area contributed by atoms with Crippen molar-refractivity contribution in [1.29, 1.82) is 0 Å². The molecule has 1 aromatic carbocycles. The lowest BCUT2D eigenvalue weighted by Crippen LogP contribution is -2.29. The number of sulfone groups is 1. The number of amides is 1. The minimum Gasteiger partial charge on any atom is -0.468 e. The molecule has 0 fully saturated rings. The number of rotatable bonds is 6. The maximum atomic E-state index is 12.1. The normalized spacial score (nSPS) is 11.7. The summed E-state index contributed by atoms with van der Waals surface area (Å²) in [4.78, 5) is 13.9. The number of carbonyl (C=O) groups excluding carboxylic acids is 1. The molecular formula is C15H17ClN2O4S. The second kappa shape index (κ2) is 7.16. The van der Waals surface area contributed by atoms with Crippen LogP contribution < -0.4 is 5.32 Å². The van der Waals surface area contributed by atoms with Gasteiger partial charge in [0.05, 0.1) is 35.0 Å². The van der Waals surface area contributed by atoms with Crippen LogP contribution in [0, 0.1) is 0 Å². The van der Waals surface area contributed by atoms with Crippen LogP contribution in [0.4, 0.5) is 5.69 Å². The third-order valence-corrected chi connectivity index (χ3v) is 4.50. The Balaban J connectivity index is 2.02. The van der Waals surface area contributed by atoms with Crippen LogP contribution in [-0.2, 0) is 21.2 Å². The molecule has 0 unspecified atom stereocenters. The molecule has 2 rings (SSSR count). The highest BCUT2D eigenvalue weighted by Gasteiger charge is 2.14. The Morgan fingerprint density at radius 1 is 1.35 bits per heavy atom. The van der Waals surface area contributed by atoms with E-state index in [9.17, 15) is 13.2 Å². The minimum absolute atomic E-state index is 0.0983. The van der Waals surface area contributed by atoms with Gasteiger partial charge in [-0.3, -0.25) is 9.69 Å². The number of anilines is 1. The fourth-order valence-corrected chi connectivity index (χ4v) is 2.80. The smallest absolute Gasteiger partial charge is 0.238 e. The number of benzene rings is 1. The van der Waals surface area contributed by atoms with Crippen LogP contribution in [0.3, 0.4) is 0 Å². The molecule has 0 aliphatic rings. The van der Waals surface area contributed by atoms with E-state index in [1.807, 2.05) is 6.07 Å². The first kappa shape index (κ1) is 17.5. The molecule has 2 aromatic rings. The molecule has 0 spiro atoms. The van der Waals surface area contributed by atoms with Crippen molar-refractivity contribution < 1.29 is 17.6 Å². The fourth-order valence-electron chi connectivity index (χ4n) is 1.99. The third kappa shape index (κ3) is 5.09. The molecule has 1 heterocycles. The largest absolute Gasteiger partial charge is 0.468 e. The van der Waals surface area contributed by atoms with Crippen molar-refractivity contribution in [1.82, 2.24) is 4.90 Å². The third-order valence-electron chi connectivity index (χ3n) is 3.06. The van der Waals surface area contributed by atoms with Gasteiger partial charge in [-0.25, -0.2) is 8.42 Å². The van der Waals surface area contributed by atoms with Crippen LogP contribution in [0.2, 0.25) is 5.02 Å². The molecule has 0 atom stereocenters. The summed E-state index contributed by atoms with van der Waals surface area (Å²) in [5.41, 5.74) is 0.269. The predicted molar refractivity (Wildman–Crippen MR) is 88.2 cm³/mol. The monoisotopic (exact) mass is 356 g/mol. The zero-order valence-electron chi connectivity index (χ0n) is 12.7. The number of halogens is 1. The van der Waals surface area contributed by atoms with E-state index in [4.69, 9.17) is 16.0 Å². The molecular weight excluding hydrogens is 340 g/mol. The molecule has 8 heteroatoms. The average molecular weight is 357 g/mol. The van der Waals surface area contributed by atoms with Crippen molar-refractivity contribution >= 4 is 33.0 Å². The molecule has 0 radical (unpaired) electrons. The van der Waals surface area contributed by atoms with Gasteiger partial charge in [-0.2, -0.15) is 0 Å². The van der Waals surface area contributed by atoms with Crippen LogP contribution in [0.1, 0.15) is 5.76 Å². The SMILES string of the molecule is CN(CC(=O)Nc1cc(S(C)(=O)=O)ccc1Cl)Cc1ccco1. The number of hydrogen-bond donors (Lipinski definition) is 1. The first-order chi connectivity index (χ1) is 10.8. The zero-order chi connectivity index (χ0) is 17.0. The van der Waals surface area contributed by atoms with Crippen molar-refractivity contribution in [2.75, 3.05) is 25.2 Å². The van der Waals surface area contributed by atoms with Gasteiger partial charge in [-0.1, -0.05) is 11.6 Å². The second-order valence-electron chi connectivity index (χ2n) is 5.21. The van der Waals surface area contributed by atoms with E-state index in [1.165, 1.54) is 18.2 Å². The van der Waals surface area contributed by atoms with Gasteiger partial charge in [0.1, 0.15) is 5.76 Å². The summed E-state index contributed by atoms with van der Waals surface area (Å²) >= 11 is 6.00. The quantitative estimate of drug-likeness (QED) is 0.859. The Kier molecular flexibility index (Phi) is 5.46. The van der Waals surface area contributed by atoms with E-state index in [2.05, 4.69) is 5.32 Å². The number of likely N-dealkylation sites (N-methyl/N-ethyl adjacent to an activating group) is 1. The van der Waals surface area contributed by atoms with Gasteiger partial charge in [0.25, 0.3) is 0 Å². The lowest BCUT2D eigenvalue weighted by Gasteiger charge is -2.15. The number of carbonyl (C=O) groups is 1. The Morgan fingerprint density at radius 2 is 2.09 bits per heavy atom. The molecule has 0 saturated carbocycles. The fraction of sp³-hybridized carbons (Fsp3) is 0.267. The molecule has 1 aromatic heterocycles. The van der Waals surface area contributed by atoms with Crippen LogP contribution in [0.5, 0.6) is 0 Å². The lowest BCUT2D eigenvalue weighted by molar-refractivity contribution is -0.117. The molecule has 1 N–H and O–H groups in total. The van der Waals surface area contributed by atoms with Crippen molar-refractivity contribution in [3.8, 4) is 0 Å². The number of hydrogen-bond acceptors (Lipinski definition) is 5. The van der Waals surface area contributed by atoms with Gasteiger partial charge in [0, 0.05) is 6.26 Å². The van der Waals surface area contributed by atoms with E-state index in [-0.39, 0.29) is 28.1 Å². The number of furan rings is 1. The maximum absolute atomic E-state index is 12.1. The predicted octanol–water partition coefficient (Wildman–Crippen LogP) is 2.41. The van der Waals surface area contributed by atoms with Crippen LogP contribution >= 0.6 is 11.6 Å². The average Bonchev–Trinajstić information content (AvgIpc) is 2.92. The molecule has 23 heavy (non-hydrogen) atoms. The zero-order valence-corrected chi connectivity index (χ0v) is 14.3. The van der Waals surface area contributed by atoms with Gasteiger partial charge < -0.3 is 9.73 Å². The summed E-state index contributed by atoms with van der Waals surface area (Å²) in [5.74, 6) is 0.448. The minimum atomic E-state index is -3.37. The summed E-state index contributed by atoms with van der Waals surface area (Å²) < 4.78 is 28.3. The second-order valence-corrected chi connectivity index (χ2v) is 7.64. The molecule has 0 saturated heterocycles. The van der Waals surface area contributed by atoms with Gasteiger partial charge in [0.15, 0.2) is 9.84 Å². The number of nitrogens with one attached hydrogen (secondary N) is 1. The molecule has 1 amide bonds. The van der Waals surface area contributed by atoms with E-state index >= 15 is 0 Å². The molecule has 0 aliphatic carbocycles. The van der Waals surface area contributed by atoms with Gasteiger partial charge in [-0.05, 0) is 37.4 Å². The van der Waals surface area contributed by atoms with Crippen molar-refractivity contribution in [2.45, 2.75) is 11.4 Å². The van der Waals surface area contributed by atoms with E-state index in [1.54, 1.807) is 24.3 Å².